The van der Waals surface area contributed by atoms with Gasteiger partial charge in [-0.2, -0.15) is 10.2 Å². The van der Waals surface area contributed by atoms with Crippen LogP contribution in [0.3, 0.4) is 0 Å². The van der Waals surface area contributed by atoms with Gasteiger partial charge in [0.25, 0.3) is 0 Å². The van der Waals surface area contributed by atoms with E-state index in [2.05, 4.69) is 39.3 Å². The number of ether oxygens (including phenoxy) is 1. The fraction of sp³-hybridized carbons (Fsp3) is 0.567. The van der Waals surface area contributed by atoms with E-state index in [1.807, 2.05) is 51.3 Å². The molecule has 0 radical (unpaired) electrons. The highest BCUT2D eigenvalue weighted by Gasteiger charge is 2.17. The Morgan fingerprint density at radius 3 is 2.82 bits per heavy atom. The number of carbonyl (C=O) groups is 1. The highest BCUT2D eigenvalue weighted by molar-refractivity contribution is 6.44. The van der Waals surface area contributed by atoms with Crippen LogP contribution in [0.5, 0.6) is 0 Å². The Balaban J connectivity index is 2.08. The number of benzene rings is 1. The topological polar surface area (TPSA) is 103 Å². The Labute approximate surface area is 234 Å². The second-order valence-corrected chi connectivity index (χ2v) is 9.60. The summed E-state index contributed by atoms with van der Waals surface area (Å²) in [6.45, 7) is 15.8. The maximum absolute atomic E-state index is 12.6. The molecule has 3 atom stereocenters. The van der Waals surface area contributed by atoms with E-state index in [0.29, 0.717) is 31.3 Å². The molecule has 1 aromatic carbocycles. The Hall–Kier alpha value is -3.17. The molecule has 0 aliphatic carbocycles. The molecule has 9 heteroatoms. The zero-order chi connectivity index (χ0) is 28.5. The average molecular weight is 538 g/mol. The lowest BCUT2D eigenvalue weighted by molar-refractivity contribution is -0.109. The first-order chi connectivity index (χ1) is 18.9. The first-order valence-corrected chi connectivity index (χ1v) is 14.1. The number of nitrogens with zero attached hydrogens (tertiary/aromatic N) is 5. The van der Waals surface area contributed by atoms with Crippen molar-refractivity contribution < 1.29 is 9.53 Å². The van der Waals surface area contributed by atoms with Crippen LogP contribution in [0.25, 0.3) is 0 Å². The summed E-state index contributed by atoms with van der Waals surface area (Å²) in [5.74, 6) is -0.206. The second kappa shape index (κ2) is 18.2. The highest BCUT2D eigenvalue weighted by Crippen LogP contribution is 2.13. The molecular weight excluding hydrogens is 490 g/mol. The van der Waals surface area contributed by atoms with Crippen molar-refractivity contribution in [3.63, 3.8) is 0 Å². The number of carbonyl (C=O) groups excluding carboxylic acids is 1. The van der Waals surface area contributed by atoms with Crippen LogP contribution in [0.2, 0.25) is 0 Å². The average Bonchev–Trinajstić information content (AvgIpc) is 3.23. The van der Waals surface area contributed by atoms with Gasteiger partial charge in [-0.1, -0.05) is 24.8 Å². The van der Waals surface area contributed by atoms with Gasteiger partial charge in [0.2, 0.25) is 5.78 Å². The lowest BCUT2D eigenvalue weighted by Crippen LogP contribution is -2.33. The third kappa shape index (κ3) is 11.6. The number of nitrogens with one attached hydrogen (secondary N) is 2. The minimum atomic E-state index is -0.206. The van der Waals surface area contributed by atoms with Crippen LogP contribution in [0.4, 0.5) is 0 Å². The van der Waals surface area contributed by atoms with E-state index in [1.54, 1.807) is 13.3 Å². The van der Waals surface area contributed by atoms with Crippen LogP contribution in [-0.4, -0.2) is 92.7 Å². The number of aliphatic imine (C=N–C) groups is 2. The summed E-state index contributed by atoms with van der Waals surface area (Å²) in [6.07, 6.45) is 8.56. The molecule has 1 aliphatic rings. The smallest absolute Gasteiger partial charge is 0.201 e. The minimum absolute atomic E-state index is 0.138. The summed E-state index contributed by atoms with van der Waals surface area (Å²) in [7, 11) is 1.73. The molecule has 9 nitrogen and oxygen atoms in total. The molecule has 0 amide bonds. The van der Waals surface area contributed by atoms with Gasteiger partial charge < -0.3 is 15.5 Å². The van der Waals surface area contributed by atoms with Gasteiger partial charge in [-0.05, 0) is 83.3 Å². The number of hydrazone groups is 2. The Morgan fingerprint density at radius 2 is 2.10 bits per heavy atom. The molecule has 0 aromatic heterocycles. The normalized spacial score (nSPS) is 18.6. The standard InChI is InChI=1S/C30H47N7O2/c1-7-30(38)29(36-35-23(4)20-34-37(8-2)27-14-11-16-32-17-15-27)19-25-12-10-13-26(18-25)24(5)33-22-28(21-31-6)39-9-3/h7,10,12-13,18,20-21,23,27-28,32,35H,1,8-9,11,14-17,19,22H2,2-6H3/b31-21?,33-24?,34-20-,36-29-. The van der Waals surface area contributed by atoms with Crippen molar-refractivity contribution in [2.24, 2.45) is 20.2 Å². The van der Waals surface area contributed by atoms with Gasteiger partial charge in [0.15, 0.2) is 0 Å². The van der Waals surface area contributed by atoms with Gasteiger partial charge in [-0.15, -0.1) is 0 Å². The Bertz CT molecular complexity index is 1010. The summed E-state index contributed by atoms with van der Waals surface area (Å²) in [5.41, 5.74) is 6.34. The molecule has 0 saturated carbocycles. The minimum Gasteiger partial charge on any atom is -0.371 e. The van der Waals surface area contributed by atoms with Gasteiger partial charge in [-0.25, -0.2) is 0 Å². The van der Waals surface area contributed by atoms with Crippen molar-refractivity contribution in [1.29, 1.82) is 0 Å². The van der Waals surface area contributed by atoms with Crippen molar-refractivity contribution in [3.8, 4) is 0 Å². The van der Waals surface area contributed by atoms with Crippen LogP contribution in [-0.2, 0) is 16.0 Å². The zero-order valence-corrected chi connectivity index (χ0v) is 24.4. The van der Waals surface area contributed by atoms with E-state index in [4.69, 9.17) is 14.8 Å². The van der Waals surface area contributed by atoms with Crippen LogP contribution in [0, 0.1) is 0 Å². The Morgan fingerprint density at radius 1 is 1.28 bits per heavy atom. The molecule has 1 heterocycles. The third-order valence-electron chi connectivity index (χ3n) is 6.52. The van der Waals surface area contributed by atoms with Gasteiger partial charge in [0.1, 0.15) is 11.8 Å². The molecule has 1 aliphatic heterocycles. The molecule has 2 N–H and O–H groups in total. The van der Waals surface area contributed by atoms with Crippen LogP contribution >= 0.6 is 0 Å². The Kier molecular flexibility index (Phi) is 14.9. The van der Waals surface area contributed by atoms with Crippen LogP contribution in [0.1, 0.15) is 58.1 Å². The summed E-state index contributed by atoms with van der Waals surface area (Å²) in [6, 6.07) is 8.32. The van der Waals surface area contributed by atoms with Gasteiger partial charge in [0, 0.05) is 50.8 Å². The van der Waals surface area contributed by atoms with E-state index < -0.39 is 0 Å². The number of hydrogen-bond donors (Lipinski definition) is 2. The predicted octanol–water partition coefficient (Wildman–Crippen LogP) is 3.68. The molecule has 1 aromatic rings. The van der Waals surface area contributed by atoms with Gasteiger partial charge in [0.05, 0.1) is 12.6 Å². The third-order valence-corrected chi connectivity index (χ3v) is 6.52. The van der Waals surface area contributed by atoms with Gasteiger partial charge >= 0.3 is 0 Å². The van der Waals surface area contributed by atoms with E-state index >= 15 is 0 Å². The van der Waals surface area contributed by atoms with Crippen molar-refractivity contribution >= 4 is 29.6 Å². The van der Waals surface area contributed by atoms with Crippen molar-refractivity contribution in [3.05, 3.63) is 48.0 Å². The molecule has 214 valence electrons. The first kappa shape index (κ1) is 32.0. The monoisotopic (exact) mass is 537 g/mol. The quantitative estimate of drug-likeness (QED) is 0.190. The van der Waals surface area contributed by atoms with Crippen molar-refractivity contribution in [1.82, 2.24) is 15.8 Å². The molecule has 0 bridgehead atoms. The summed E-state index contributed by atoms with van der Waals surface area (Å²) < 4.78 is 5.66. The van der Waals surface area contributed by atoms with Crippen molar-refractivity contribution in [2.45, 2.75) is 71.6 Å². The summed E-state index contributed by atoms with van der Waals surface area (Å²) in [4.78, 5) is 21.4. The predicted molar refractivity (Wildman–Crippen MR) is 164 cm³/mol. The van der Waals surface area contributed by atoms with Gasteiger partial charge in [-0.3, -0.25) is 19.8 Å². The number of hydrogen-bond acceptors (Lipinski definition) is 9. The maximum Gasteiger partial charge on any atom is 0.201 e. The molecule has 1 saturated heterocycles. The largest absolute Gasteiger partial charge is 0.371 e. The molecule has 2 rings (SSSR count). The SMILES string of the molecule is C=CC(=O)/C(Cc1cccc(C(C)=NCC(C=NC)OCC)c1)=N\NC(C)/C=N\N(CC)C1CCCNCC1. The summed E-state index contributed by atoms with van der Waals surface area (Å²) in [5, 5.41) is 14.8. The molecule has 39 heavy (non-hydrogen) atoms. The molecular formula is C30H47N7O2. The molecule has 3 unspecified atom stereocenters. The van der Waals surface area contributed by atoms with E-state index in [0.717, 1.165) is 55.7 Å². The van der Waals surface area contributed by atoms with E-state index in [1.165, 1.54) is 6.08 Å². The van der Waals surface area contributed by atoms with Crippen LogP contribution in [0.15, 0.2) is 57.1 Å². The van der Waals surface area contributed by atoms with E-state index in [-0.39, 0.29) is 17.9 Å². The van der Waals surface area contributed by atoms with Crippen LogP contribution < -0.4 is 10.7 Å². The highest BCUT2D eigenvalue weighted by atomic mass is 16.5. The molecule has 0 spiro atoms. The lowest BCUT2D eigenvalue weighted by atomic mass is 10.0. The summed E-state index contributed by atoms with van der Waals surface area (Å²) >= 11 is 0. The fourth-order valence-electron chi connectivity index (χ4n) is 4.37. The molecule has 1 fully saturated rings. The number of rotatable bonds is 16. The maximum atomic E-state index is 12.6. The number of allylic oxidation sites excluding steroid dienone is 1. The lowest BCUT2D eigenvalue weighted by Gasteiger charge is -2.27. The zero-order valence-electron chi connectivity index (χ0n) is 24.4. The fourth-order valence-corrected chi connectivity index (χ4v) is 4.37. The van der Waals surface area contributed by atoms with Crippen molar-refractivity contribution in [2.75, 3.05) is 39.8 Å². The number of ketones is 1. The van der Waals surface area contributed by atoms with E-state index in [9.17, 15) is 4.79 Å². The second-order valence-electron chi connectivity index (χ2n) is 9.60. The first-order valence-electron chi connectivity index (χ1n) is 14.1.